The lowest BCUT2D eigenvalue weighted by Gasteiger charge is -2.29. The molecule has 3 N–H and O–H groups in total. The van der Waals surface area contributed by atoms with Gasteiger partial charge in [-0.15, -0.1) is 0 Å². The predicted molar refractivity (Wildman–Crippen MR) is 135 cm³/mol. The fraction of sp³-hybridized carbons (Fsp3) is 0.556. The lowest BCUT2D eigenvalue weighted by atomic mass is 9.96. The van der Waals surface area contributed by atoms with Gasteiger partial charge in [-0.3, -0.25) is 14.4 Å². The average molecular weight is 489 g/mol. The second kappa shape index (κ2) is 13.7. The third-order valence-electron chi connectivity index (χ3n) is 5.27. The number of carbonyl (C=O) groups excluding carboxylic acids is 3. The summed E-state index contributed by atoms with van der Waals surface area (Å²) in [6, 6.07) is 7.06. The van der Waals surface area contributed by atoms with Gasteiger partial charge in [-0.1, -0.05) is 64.4 Å². The van der Waals surface area contributed by atoms with Gasteiger partial charge in [0.2, 0.25) is 11.8 Å². The van der Waals surface area contributed by atoms with Crippen LogP contribution in [0.4, 0.5) is 0 Å². The molecular weight excluding hydrogens is 448 g/mol. The van der Waals surface area contributed by atoms with Crippen LogP contribution in [-0.2, 0) is 23.9 Å². The van der Waals surface area contributed by atoms with Crippen molar-refractivity contribution in [3.63, 3.8) is 0 Å². The Hall–Kier alpha value is -3.16. The van der Waals surface area contributed by atoms with Crippen LogP contribution < -0.4 is 10.6 Å². The molecule has 0 saturated carbocycles. The van der Waals surface area contributed by atoms with Crippen LogP contribution in [0.25, 0.3) is 6.08 Å². The predicted octanol–water partition coefficient (Wildman–Crippen LogP) is 3.95. The maximum Gasteiger partial charge on any atom is 0.329 e. The van der Waals surface area contributed by atoms with Crippen molar-refractivity contribution >= 4 is 29.8 Å². The van der Waals surface area contributed by atoms with Gasteiger partial charge in [0, 0.05) is 5.57 Å². The quantitative estimate of drug-likeness (QED) is 0.303. The van der Waals surface area contributed by atoms with E-state index in [1.54, 1.807) is 45.0 Å². The van der Waals surface area contributed by atoms with Gasteiger partial charge in [-0.2, -0.15) is 0 Å². The number of esters is 1. The first-order valence-electron chi connectivity index (χ1n) is 12.0. The molecule has 35 heavy (non-hydrogen) atoms. The van der Waals surface area contributed by atoms with Crippen LogP contribution in [0, 0.1) is 11.8 Å². The zero-order valence-corrected chi connectivity index (χ0v) is 21.9. The van der Waals surface area contributed by atoms with Crippen LogP contribution in [0.3, 0.4) is 0 Å². The molecule has 0 saturated heterocycles. The zero-order valence-electron chi connectivity index (χ0n) is 21.9. The Morgan fingerprint density at radius 2 is 1.63 bits per heavy atom. The summed E-state index contributed by atoms with van der Waals surface area (Å²) in [6.07, 6.45) is 1.96. The van der Waals surface area contributed by atoms with Gasteiger partial charge in [0.15, 0.2) is 0 Å². The van der Waals surface area contributed by atoms with E-state index in [1.807, 2.05) is 33.8 Å². The van der Waals surface area contributed by atoms with Crippen molar-refractivity contribution in [3.8, 4) is 0 Å². The van der Waals surface area contributed by atoms with Crippen LogP contribution in [-0.4, -0.2) is 46.5 Å². The van der Waals surface area contributed by atoms with Crippen molar-refractivity contribution < 1.29 is 29.0 Å². The molecule has 0 unspecified atom stereocenters. The number of carboxylic acids is 1. The van der Waals surface area contributed by atoms with E-state index < -0.39 is 47.9 Å². The first kappa shape index (κ1) is 29.9. The van der Waals surface area contributed by atoms with E-state index >= 15 is 0 Å². The van der Waals surface area contributed by atoms with Crippen molar-refractivity contribution in [2.24, 2.45) is 11.8 Å². The number of aliphatic carboxylic acids is 1. The summed E-state index contributed by atoms with van der Waals surface area (Å²) in [7, 11) is 0. The van der Waals surface area contributed by atoms with E-state index in [1.165, 1.54) is 6.08 Å². The van der Waals surface area contributed by atoms with Gasteiger partial charge < -0.3 is 20.5 Å². The molecule has 3 atom stereocenters. The maximum absolute atomic E-state index is 13.3. The summed E-state index contributed by atoms with van der Waals surface area (Å²) < 4.78 is 5.48. The van der Waals surface area contributed by atoms with Gasteiger partial charge in [-0.25, -0.2) is 4.79 Å². The SMILES string of the molecule is CC[C@H](C)[C@H](NC(=O)/C(=C/c1ccccc1)CC(=O)O)C(=O)N[C@@H](CC(C)C)C(=O)OC(C)(C)C. The number of hydrogen-bond donors (Lipinski definition) is 3. The van der Waals surface area contributed by atoms with Crippen molar-refractivity contribution in [2.45, 2.75) is 85.4 Å². The van der Waals surface area contributed by atoms with Gasteiger partial charge >= 0.3 is 11.9 Å². The molecule has 0 aliphatic carbocycles. The molecule has 1 aromatic rings. The number of rotatable bonds is 12. The van der Waals surface area contributed by atoms with Crippen LogP contribution in [0.2, 0.25) is 0 Å². The molecular formula is C27H40N2O6. The topological polar surface area (TPSA) is 122 Å². The van der Waals surface area contributed by atoms with E-state index in [2.05, 4.69) is 10.6 Å². The Bertz CT molecular complexity index is 902. The summed E-state index contributed by atoms with van der Waals surface area (Å²) in [5.74, 6) is -3.01. The number of ether oxygens (including phenoxy) is 1. The second-order valence-electron chi connectivity index (χ2n) is 10.2. The lowest BCUT2D eigenvalue weighted by molar-refractivity contribution is -0.159. The summed E-state index contributed by atoms with van der Waals surface area (Å²) in [4.78, 5) is 50.5. The molecule has 2 amide bonds. The first-order chi connectivity index (χ1) is 16.2. The van der Waals surface area contributed by atoms with Crippen molar-refractivity contribution in [3.05, 3.63) is 41.5 Å². The number of amides is 2. The standard InChI is InChI=1S/C27H40N2O6/c1-8-18(4)23(25(33)28-21(14-17(2)3)26(34)35-27(5,6)7)29-24(32)20(16-22(30)31)15-19-12-10-9-11-13-19/h9-13,15,17-18,21,23H,8,14,16H2,1-7H3,(H,28,33)(H,29,32)(H,30,31)/b20-15+/t18-,21-,23-/m0/s1. The molecule has 0 heterocycles. The monoisotopic (exact) mass is 488 g/mol. The van der Waals surface area contributed by atoms with Crippen LogP contribution in [0.15, 0.2) is 35.9 Å². The summed E-state index contributed by atoms with van der Waals surface area (Å²) in [5.41, 5.74) is -0.0176. The lowest BCUT2D eigenvalue weighted by Crippen LogP contribution is -2.55. The van der Waals surface area contributed by atoms with E-state index in [0.717, 1.165) is 0 Å². The molecule has 0 aliphatic heterocycles. The smallest absolute Gasteiger partial charge is 0.329 e. The highest BCUT2D eigenvalue weighted by atomic mass is 16.6. The molecule has 0 spiro atoms. The zero-order chi connectivity index (χ0) is 26.8. The molecule has 0 aromatic heterocycles. The Morgan fingerprint density at radius 3 is 2.11 bits per heavy atom. The summed E-state index contributed by atoms with van der Waals surface area (Å²) in [6.45, 7) is 12.8. The number of hydrogen-bond acceptors (Lipinski definition) is 5. The van der Waals surface area contributed by atoms with Crippen molar-refractivity contribution in [1.82, 2.24) is 10.6 Å². The van der Waals surface area contributed by atoms with Gasteiger partial charge in [0.05, 0.1) is 6.42 Å². The number of carbonyl (C=O) groups is 4. The highest BCUT2D eigenvalue weighted by molar-refractivity contribution is 6.03. The minimum Gasteiger partial charge on any atom is -0.481 e. The van der Waals surface area contributed by atoms with Gasteiger partial charge in [0.25, 0.3) is 0 Å². The molecule has 8 nitrogen and oxygen atoms in total. The molecule has 0 radical (unpaired) electrons. The highest BCUT2D eigenvalue weighted by Crippen LogP contribution is 2.16. The van der Waals surface area contributed by atoms with Crippen LogP contribution in [0.1, 0.15) is 73.3 Å². The van der Waals surface area contributed by atoms with Crippen molar-refractivity contribution in [2.75, 3.05) is 0 Å². The van der Waals surface area contributed by atoms with E-state index in [9.17, 15) is 24.3 Å². The third kappa shape index (κ3) is 11.2. The summed E-state index contributed by atoms with van der Waals surface area (Å²) in [5, 5.41) is 14.8. The fourth-order valence-corrected chi connectivity index (χ4v) is 3.37. The fourth-order valence-electron chi connectivity index (χ4n) is 3.37. The molecule has 1 rings (SSSR count). The highest BCUT2D eigenvalue weighted by Gasteiger charge is 2.33. The van der Waals surface area contributed by atoms with Crippen LogP contribution in [0.5, 0.6) is 0 Å². The number of benzene rings is 1. The number of carboxylic acid groups (broad SMARTS) is 1. The van der Waals surface area contributed by atoms with E-state index in [4.69, 9.17) is 4.74 Å². The van der Waals surface area contributed by atoms with Gasteiger partial charge in [0.1, 0.15) is 17.7 Å². The average Bonchev–Trinajstić information content (AvgIpc) is 2.74. The summed E-state index contributed by atoms with van der Waals surface area (Å²) >= 11 is 0. The maximum atomic E-state index is 13.3. The van der Waals surface area contributed by atoms with E-state index in [-0.39, 0.29) is 17.4 Å². The van der Waals surface area contributed by atoms with Crippen molar-refractivity contribution in [1.29, 1.82) is 0 Å². The Labute approximate surface area is 208 Å². The first-order valence-corrected chi connectivity index (χ1v) is 12.0. The number of nitrogens with one attached hydrogen (secondary N) is 2. The molecule has 0 aliphatic rings. The second-order valence-corrected chi connectivity index (χ2v) is 10.2. The Kier molecular flexibility index (Phi) is 11.7. The third-order valence-corrected chi connectivity index (χ3v) is 5.27. The molecule has 1 aromatic carbocycles. The largest absolute Gasteiger partial charge is 0.481 e. The minimum absolute atomic E-state index is 0.0238. The molecule has 0 fully saturated rings. The molecule has 8 heteroatoms. The molecule has 194 valence electrons. The van der Waals surface area contributed by atoms with Crippen LogP contribution >= 0.6 is 0 Å². The van der Waals surface area contributed by atoms with E-state index in [0.29, 0.717) is 18.4 Å². The Morgan fingerprint density at radius 1 is 1.03 bits per heavy atom. The molecule has 0 bridgehead atoms. The minimum atomic E-state index is -1.16. The van der Waals surface area contributed by atoms with Gasteiger partial charge in [-0.05, 0) is 50.7 Å². The normalized spacial score (nSPS) is 14.6. The Balaban J connectivity index is 3.17.